The number of aliphatic hydroxyl groups is 8. The summed E-state index contributed by atoms with van der Waals surface area (Å²) in [5.41, 5.74) is 0. The molecule has 12 unspecified atom stereocenters. The highest BCUT2D eigenvalue weighted by molar-refractivity contribution is 5.76. The molecule has 2 fully saturated rings. The number of amides is 1. The fraction of sp³-hybridized carbons (Fsp3) is 0.750. The van der Waals surface area contributed by atoms with Crippen molar-refractivity contribution in [2.75, 3.05) is 19.8 Å². The number of ether oxygens (including phenoxy) is 4. The first kappa shape index (κ1) is 75.0. The van der Waals surface area contributed by atoms with Crippen LogP contribution >= 0.6 is 0 Å². The van der Waals surface area contributed by atoms with Crippen molar-refractivity contribution < 1.29 is 64.6 Å². The maximum absolute atomic E-state index is 13.3. The first-order chi connectivity index (χ1) is 40.1. The molecule has 2 aliphatic heterocycles. The van der Waals surface area contributed by atoms with Crippen molar-refractivity contribution >= 4 is 5.91 Å². The van der Waals surface area contributed by atoms with E-state index in [1.165, 1.54) is 128 Å². The Kier molecular flexibility index (Phi) is 47.8. The topological polar surface area (TPSA) is 228 Å². The van der Waals surface area contributed by atoms with Crippen LogP contribution in [0.1, 0.15) is 232 Å². The van der Waals surface area contributed by atoms with Crippen molar-refractivity contribution in [3.8, 4) is 0 Å². The molecule has 0 aromatic heterocycles. The SMILES string of the molecule is CC/C=C\C/C=C\C/C=C\C/C=C\C/C=C\C/C=C\CCCCCCCCCCCCCCCCC(=O)NC(COC1OC(CO)C(OC2OC(CO)C(O)C(O)C2O)C(O)C1O)C(O)/C=C/CC/C=C/CCCCCCCCCCC. The minimum Gasteiger partial charge on any atom is -0.394 e. The fourth-order valence-electron chi connectivity index (χ4n) is 10.1. The van der Waals surface area contributed by atoms with Gasteiger partial charge in [0.2, 0.25) is 5.91 Å². The zero-order valence-corrected chi connectivity index (χ0v) is 50.9. The molecule has 2 heterocycles. The minimum absolute atomic E-state index is 0.253. The third kappa shape index (κ3) is 36.7. The molecular weight excluding hydrogens is 1040 g/mol. The molecule has 14 nitrogen and oxygen atoms in total. The first-order valence-corrected chi connectivity index (χ1v) is 32.5. The molecule has 0 saturated carbocycles. The number of unbranched alkanes of at least 4 members (excludes halogenated alkanes) is 24. The third-order valence-electron chi connectivity index (χ3n) is 15.3. The second-order valence-corrected chi connectivity index (χ2v) is 22.5. The molecule has 472 valence electrons. The van der Waals surface area contributed by atoms with Crippen molar-refractivity contribution in [1.82, 2.24) is 5.32 Å². The van der Waals surface area contributed by atoms with E-state index in [1.807, 2.05) is 6.08 Å². The molecule has 2 rings (SSSR count). The van der Waals surface area contributed by atoms with Crippen molar-refractivity contribution in [1.29, 1.82) is 0 Å². The van der Waals surface area contributed by atoms with Gasteiger partial charge in [0.15, 0.2) is 12.6 Å². The van der Waals surface area contributed by atoms with Gasteiger partial charge in [-0.3, -0.25) is 4.79 Å². The lowest BCUT2D eigenvalue weighted by Gasteiger charge is -2.46. The molecule has 14 heteroatoms. The quantitative estimate of drug-likeness (QED) is 0.0204. The van der Waals surface area contributed by atoms with Gasteiger partial charge in [0, 0.05) is 6.42 Å². The lowest BCUT2D eigenvalue weighted by Crippen LogP contribution is -2.65. The predicted octanol–water partition coefficient (Wildman–Crippen LogP) is 12.2. The van der Waals surface area contributed by atoms with E-state index in [0.29, 0.717) is 12.8 Å². The standard InChI is InChI=1S/C68H117NO13/c1-3-5-7-9-11-13-15-17-19-20-21-22-23-24-25-26-27-28-29-30-31-32-33-34-35-36-38-40-42-44-46-48-50-52-60(73)69-56(57(72)51-49-47-45-43-41-39-37-18-16-14-12-10-8-6-4-2)55-79-67-65(78)63(76)66(59(54-71)81-67)82-68-64(77)62(75)61(74)58(53-70)80-68/h5,7,11,13,17,19,21-22,24-25,27-28,41,43,49,51,56-59,61-68,70-72,74-78H,3-4,6,8-10,12,14-16,18,20,23,26,29-40,42,44-48,50,52-55H2,1-2H3,(H,69,73)/b7-5-,13-11-,19-17-,22-21-,25-24-,28-27-,43-41+,51-49+. The molecular formula is C68H117NO13. The maximum atomic E-state index is 13.3. The maximum Gasteiger partial charge on any atom is 0.220 e. The van der Waals surface area contributed by atoms with Crippen LogP contribution < -0.4 is 5.32 Å². The van der Waals surface area contributed by atoms with E-state index < -0.39 is 86.8 Å². The summed E-state index contributed by atoms with van der Waals surface area (Å²) in [4.78, 5) is 13.3. The molecule has 2 aliphatic rings. The second kappa shape index (κ2) is 52.3. The van der Waals surface area contributed by atoms with Crippen molar-refractivity contribution in [2.45, 2.75) is 306 Å². The summed E-state index contributed by atoms with van der Waals surface area (Å²) >= 11 is 0. The number of carbonyl (C=O) groups is 1. The summed E-state index contributed by atoms with van der Waals surface area (Å²) in [5, 5.41) is 87.1. The molecule has 2 saturated heterocycles. The number of allylic oxidation sites excluding steroid dienone is 15. The zero-order chi connectivity index (χ0) is 59.5. The predicted molar refractivity (Wildman–Crippen MR) is 332 cm³/mol. The Bertz CT molecular complexity index is 1740. The molecule has 82 heavy (non-hydrogen) atoms. The number of rotatable bonds is 51. The number of aliphatic hydroxyl groups excluding tert-OH is 8. The third-order valence-corrected chi connectivity index (χ3v) is 15.3. The smallest absolute Gasteiger partial charge is 0.220 e. The van der Waals surface area contributed by atoms with Crippen LogP contribution in [-0.2, 0) is 23.7 Å². The van der Waals surface area contributed by atoms with Gasteiger partial charge in [-0.25, -0.2) is 0 Å². The highest BCUT2D eigenvalue weighted by atomic mass is 16.7. The Hall–Kier alpha value is -3.09. The lowest BCUT2D eigenvalue weighted by molar-refractivity contribution is -0.359. The van der Waals surface area contributed by atoms with Gasteiger partial charge in [-0.05, 0) is 83.5 Å². The Labute approximate surface area is 496 Å². The van der Waals surface area contributed by atoms with E-state index in [9.17, 15) is 45.6 Å². The molecule has 0 radical (unpaired) electrons. The average molecular weight is 1160 g/mol. The van der Waals surface area contributed by atoms with Crippen LogP contribution in [0.5, 0.6) is 0 Å². The Balaban J connectivity index is 1.67. The molecule has 0 aliphatic carbocycles. The lowest BCUT2D eigenvalue weighted by atomic mass is 9.97. The molecule has 0 bridgehead atoms. The number of carbonyl (C=O) groups excluding carboxylic acids is 1. The molecule has 9 N–H and O–H groups in total. The summed E-state index contributed by atoms with van der Waals surface area (Å²) in [7, 11) is 0. The molecule has 0 spiro atoms. The van der Waals surface area contributed by atoms with Crippen LogP contribution in [0, 0.1) is 0 Å². The van der Waals surface area contributed by atoms with E-state index in [1.54, 1.807) is 6.08 Å². The van der Waals surface area contributed by atoms with E-state index in [-0.39, 0.29) is 18.9 Å². The fourth-order valence-corrected chi connectivity index (χ4v) is 10.1. The van der Waals surface area contributed by atoms with Crippen LogP contribution in [0.15, 0.2) is 97.2 Å². The van der Waals surface area contributed by atoms with Crippen LogP contribution in [0.25, 0.3) is 0 Å². The van der Waals surface area contributed by atoms with Crippen molar-refractivity contribution in [3.63, 3.8) is 0 Å². The van der Waals surface area contributed by atoms with E-state index in [2.05, 4.69) is 104 Å². The largest absolute Gasteiger partial charge is 0.394 e. The van der Waals surface area contributed by atoms with Crippen LogP contribution in [0.4, 0.5) is 0 Å². The van der Waals surface area contributed by atoms with Gasteiger partial charge in [0.1, 0.15) is 48.8 Å². The van der Waals surface area contributed by atoms with Gasteiger partial charge in [-0.2, -0.15) is 0 Å². The van der Waals surface area contributed by atoms with Crippen LogP contribution in [0.3, 0.4) is 0 Å². The van der Waals surface area contributed by atoms with Gasteiger partial charge < -0.3 is 65.1 Å². The van der Waals surface area contributed by atoms with Crippen molar-refractivity contribution in [3.05, 3.63) is 97.2 Å². The summed E-state index contributed by atoms with van der Waals surface area (Å²) in [6.45, 7) is 2.66. The second-order valence-electron chi connectivity index (χ2n) is 22.5. The monoisotopic (exact) mass is 1160 g/mol. The molecule has 0 aromatic rings. The summed E-state index contributed by atoms with van der Waals surface area (Å²) in [6, 6.07) is -0.937. The first-order valence-electron chi connectivity index (χ1n) is 32.5. The van der Waals surface area contributed by atoms with Crippen molar-refractivity contribution in [2.24, 2.45) is 0 Å². The van der Waals surface area contributed by atoms with E-state index >= 15 is 0 Å². The Morgan fingerprint density at radius 2 is 0.854 bits per heavy atom. The summed E-state index contributed by atoms with van der Waals surface area (Å²) in [5.74, 6) is -0.253. The van der Waals surface area contributed by atoms with Crippen LogP contribution in [-0.4, -0.2) is 140 Å². The van der Waals surface area contributed by atoms with Gasteiger partial charge in [-0.15, -0.1) is 0 Å². The van der Waals surface area contributed by atoms with Gasteiger partial charge in [-0.1, -0.05) is 239 Å². The average Bonchev–Trinajstić information content (AvgIpc) is 3.60. The molecule has 0 aromatic carbocycles. The minimum atomic E-state index is -1.79. The molecule has 1 amide bonds. The normalized spacial score (nSPS) is 24.6. The number of nitrogens with one attached hydrogen (secondary N) is 1. The Morgan fingerprint density at radius 3 is 1.34 bits per heavy atom. The van der Waals surface area contributed by atoms with Gasteiger partial charge in [0.05, 0.1) is 32.0 Å². The van der Waals surface area contributed by atoms with Gasteiger partial charge >= 0.3 is 0 Å². The van der Waals surface area contributed by atoms with E-state index in [0.717, 1.165) is 70.6 Å². The van der Waals surface area contributed by atoms with E-state index in [4.69, 9.17) is 18.9 Å². The summed E-state index contributed by atoms with van der Waals surface area (Å²) < 4.78 is 22.8. The van der Waals surface area contributed by atoms with Gasteiger partial charge in [0.25, 0.3) is 0 Å². The zero-order valence-electron chi connectivity index (χ0n) is 50.9. The highest BCUT2D eigenvalue weighted by Crippen LogP contribution is 2.30. The number of hydrogen-bond acceptors (Lipinski definition) is 13. The highest BCUT2D eigenvalue weighted by Gasteiger charge is 2.51. The summed E-state index contributed by atoms with van der Waals surface area (Å²) in [6.07, 6.45) is 56.0. The Morgan fingerprint density at radius 1 is 0.451 bits per heavy atom. The number of hydrogen-bond donors (Lipinski definition) is 9. The van der Waals surface area contributed by atoms with Crippen LogP contribution in [0.2, 0.25) is 0 Å². The molecule has 12 atom stereocenters.